The van der Waals surface area contributed by atoms with Crippen LogP contribution in [-0.2, 0) is 0 Å². The van der Waals surface area contributed by atoms with Crippen molar-refractivity contribution in [1.29, 1.82) is 10.5 Å². The molecule has 2 rings (SSSR count). The Morgan fingerprint density at radius 1 is 0.895 bits per heavy atom. The molecule has 0 spiro atoms. The molecule has 0 fully saturated rings. The van der Waals surface area contributed by atoms with Crippen molar-refractivity contribution in [3.05, 3.63) is 54.1 Å². The Morgan fingerprint density at radius 3 is 1.89 bits per heavy atom. The van der Waals surface area contributed by atoms with E-state index < -0.39 is 6.10 Å². The third kappa shape index (κ3) is 3.12. The molecule has 0 aliphatic heterocycles. The zero-order chi connectivity index (χ0) is 13.7. The van der Waals surface area contributed by atoms with Gasteiger partial charge in [-0.3, -0.25) is 0 Å². The molecule has 1 unspecified atom stereocenters. The molecule has 3 nitrogen and oxygen atoms in total. The molecule has 2 aromatic rings. The summed E-state index contributed by atoms with van der Waals surface area (Å²) in [6.07, 6.45) is -0.458. The number of nitriles is 2. The van der Waals surface area contributed by atoms with Crippen LogP contribution in [0.3, 0.4) is 0 Å². The summed E-state index contributed by atoms with van der Waals surface area (Å²) < 4.78 is 5.39. The van der Waals surface area contributed by atoms with Crippen LogP contribution in [0.5, 0.6) is 5.75 Å². The van der Waals surface area contributed by atoms with Gasteiger partial charge in [-0.2, -0.15) is 10.5 Å². The Hall–Kier alpha value is -2.78. The van der Waals surface area contributed by atoms with E-state index in [1.807, 2.05) is 42.5 Å². The second-order valence-electron chi connectivity index (χ2n) is 4.10. The molecular weight excluding hydrogens is 236 g/mol. The molecule has 0 radical (unpaired) electrons. The van der Waals surface area contributed by atoms with Gasteiger partial charge in [-0.1, -0.05) is 24.3 Å². The molecule has 0 amide bonds. The molecule has 19 heavy (non-hydrogen) atoms. The van der Waals surface area contributed by atoms with Gasteiger partial charge in [0.2, 0.25) is 0 Å². The van der Waals surface area contributed by atoms with Crippen molar-refractivity contribution >= 4 is 0 Å². The van der Waals surface area contributed by atoms with Crippen LogP contribution >= 0.6 is 0 Å². The third-order valence-electron chi connectivity index (χ3n) is 2.70. The summed E-state index contributed by atoms with van der Waals surface area (Å²) in [7, 11) is 0. The van der Waals surface area contributed by atoms with Crippen LogP contribution in [0.15, 0.2) is 48.5 Å². The van der Waals surface area contributed by atoms with Gasteiger partial charge in [-0.25, -0.2) is 0 Å². The van der Waals surface area contributed by atoms with E-state index in [-0.39, 0.29) is 0 Å². The summed E-state index contributed by atoms with van der Waals surface area (Å²) >= 11 is 0. The molecule has 0 saturated carbocycles. The van der Waals surface area contributed by atoms with Crippen LogP contribution in [0.25, 0.3) is 11.1 Å². The zero-order valence-electron chi connectivity index (χ0n) is 10.5. The molecule has 0 N–H and O–H groups in total. The van der Waals surface area contributed by atoms with Crippen LogP contribution < -0.4 is 4.74 Å². The largest absolute Gasteiger partial charge is 0.476 e. The van der Waals surface area contributed by atoms with Crippen LogP contribution in [0.4, 0.5) is 0 Å². The molecule has 3 heteroatoms. The number of nitrogens with zero attached hydrogens (tertiary/aromatic N) is 2. The van der Waals surface area contributed by atoms with E-state index in [0.29, 0.717) is 11.3 Å². The van der Waals surface area contributed by atoms with Gasteiger partial charge < -0.3 is 4.74 Å². The van der Waals surface area contributed by atoms with Crippen LogP contribution in [-0.4, -0.2) is 6.10 Å². The van der Waals surface area contributed by atoms with E-state index in [1.165, 1.54) is 0 Å². The lowest BCUT2D eigenvalue weighted by Crippen LogP contribution is -2.07. The molecule has 0 saturated heterocycles. The van der Waals surface area contributed by atoms with Crippen molar-refractivity contribution in [3.63, 3.8) is 0 Å². The minimum Gasteiger partial charge on any atom is -0.476 e. The van der Waals surface area contributed by atoms with Crippen molar-refractivity contribution in [2.75, 3.05) is 0 Å². The van der Waals surface area contributed by atoms with Gasteiger partial charge in [0.05, 0.1) is 11.6 Å². The minimum absolute atomic E-state index is 0.458. The van der Waals surface area contributed by atoms with Crippen LogP contribution in [0, 0.1) is 22.7 Å². The highest BCUT2D eigenvalue weighted by Crippen LogP contribution is 2.23. The Balaban J connectivity index is 2.18. The predicted molar refractivity (Wildman–Crippen MR) is 72.3 cm³/mol. The number of hydrogen-bond donors (Lipinski definition) is 0. The maximum Gasteiger partial charge on any atom is 0.181 e. The Kier molecular flexibility index (Phi) is 3.81. The van der Waals surface area contributed by atoms with Gasteiger partial charge in [0.1, 0.15) is 11.8 Å². The normalized spacial score (nSPS) is 11.1. The molecule has 92 valence electrons. The smallest absolute Gasteiger partial charge is 0.181 e. The first-order chi connectivity index (χ1) is 9.22. The summed E-state index contributed by atoms with van der Waals surface area (Å²) in [5.74, 6) is 0.673. The first-order valence-corrected chi connectivity index (χ1v) is 5.90. The maximum absolute atomic E-state index is 8.75. The summed E-state index contributed by atoms with van der Waals surface area (Å²) in [6.45, 7) is 1.70. The zero-order valence-corrected chi connectivity index (χ0v) is 10.5. The van der Waals surface area contributed by atoms with E-state index in [0.717, 1.165) is 11.1 Å². The van der Waals surface area contributed by atoms with E-state index in [1.54, 1.807) is 19.1 Å². The van der Waals surface area contributed by atoms with Gasteiger partial charge in [0.15, 0.2) is 6.10 Å². The van der Waals surface area contributed by atoms with E-state index in [9.17, 15) is 0 Å². The molecule has 0 aliphatic rings. The fourth-order valence-corrected chi connectivity index (χ4v) is 1.69. The molecule has 0 heterocycles. The SMILES string of the molecule is CC(C#N)Oc1ccc(-c2ccc(C#N)cc2)cc1. The minimum atomic E-state index is -0.458. The summed E-state index contributed by atoms with van der Waals surface area (Å²) in [5, 5.41) is 17.4. The van der Waals surface area contributed by atoms with Crippen molar-refractivity contribution in [2.45, 2.75) is 13.0 Å². The average molecular weight is 248 g/mol. The van der Waals surface area contributed by atoms with Crippen molar-refractivity contribution in [3.8, 4) is 29.0 Å². The number of benzene rings is 2. The topological polar surface area (TPSA) is 56.8 Å². The first-order valence-electron chi connectivity index (χ1n) is 5.90. The van der Waals surface area contributed by atoms with Gasteiger partial charge in [-0.05, 0) is 42.3 Å². The molecule has 0 aliphatic carbocycles. The predicted octanol–water partition coefficient (Wildman–Crippen LogP) is 3.52. The lowest BCUT2D eigenvalue weighted by molar-refractivity contribution is 0.276. The quantitative estimate of drug-likeness (QED) is 0.835. The summed E-state index contributed by atoms with van der Waals surface area (Å²) in [6, 6.07) is 19.0. The second-order valence-corrected chi connectivity index (χ2v) is 4.10. The third-order valence-corrected chi connectivity index (χ3v) is 2.70. The van der Waals surface area contributed by atoms with Crippen molar-refractivity contribution in [1.82, 2.24) is 0 Å². The summed E-state index contributed by atoms with van der Waals surface area (Å²) in [5.41, 5.74) is 2.73. The highest BCUT2D eigenvalue weighted by atomic mass is 16.5. The molecular formula is C16H12N2O. The lowest BCUT2D eigenvalue weighted by Gasteiger charge is -2.08. The highest BCUT2D eigenvalue weighted by molar-refractivity contribution is 5.64. The fourth-order valence-electron chi connectivity index (χ4n) is 1.69. The highest BCUT2D eigenvalue weighted by Gasteiger charge is 2.02. The van der Waals surface area contributed by atoms with Crippen molar-refractivity contribution in [2.24, 2.45) is 0 Å². The molecule has 0 aromatic heterocycles. The Bertz CT molecular complexity index is 630. The number of rotatable bonds is 3. The van der Waals surface area contributed by atoms with E-state index in [2.05, 4.69) is 6.07 Å². The van der Waals surface area contributed by atoms with E-state index >= 15 is 0 Å². The Morgan fingerprint density at radius 2 is 1.42 bits per heavy atom. The number of ether oxygens (including phenoxy) is 1. The maximum atomic E-state index is 8.75. The monoisotopic (exact) mass is 248 g/mol. The van der Waals surface area contributed by atoms with Gasteiger partial charge in [0, 0.05) is 0 Å². The lowest BCUT2D eigenvalue weighted by atomic mass is 10.0. The standard InChI is InChI=1S/C16H12N2O/c1-12(10-17)19-16-8-6-15(7-9-16)14-4-2-13(11-18)3-5-14/h2-9,12H,1H3. The van der Waals surface area contributed by atoms with Gasteiger partial charge in [0.25, 0.3) is 0 Å². The van der Waals surface area contributed by atoms with E-state index in [4.69, 9.17) is 15.3 Å². The number of hydrogen-bond acceptors (Lipinski definition) is 3. The van der Waals surface area contributed by atoms with Gasteiger partial charge >= 0.3 is 0 Å². The van der Waals surface area contributed by atoms with Crippen LogP contribution in [0.2, 0.25) is 0 Å². The van der Waals surface area contributed by atoms with Gasteiger partial charge in [-0.15, -0.1) is 0 Å². The fraction of sp³-hybridized carbons (Fsp3) is 0.125. The molecule has 0 bridgehead atoms. The molecule has 1 atom stereocenters. The Labute approximate surface area is 112 Å². The van der Waals surface area contributed by atoms with Crippen molar-refractivity contribution < 1.29 is 4.74 Å². The second kappa shape index (κ2) is 5.71. The van der Waals surface area contributed by atoms with Crippen LogP contribution in [0.1, 0.15) is 12.5 Å². The summed E-state index contributed by atoms with van der Waals surface area (Å²) in [4.78, 5) is 0. The molecule has 2 aromatic carbocycles. The first kappa shape index (κ1) is 12.7. The average Bonchev–Trinajstić information content (AvgIpc) is 2.48.